The predicted molar refractivity (Wildman–Crippen MR) is 119 cm³/mol. The summed E-state index contributed by atoms with van der Waals surface area (Å²) in [4.78, 5) is 5.45. The van der Waals surface area contributed by atoms with Gasteiger partial charge in [0.25, 0.3) is 0 Å². The number of oxime groups is 1. The van der Waals surface area contributed by atoms with Crippen LogP contribution in [0.25, 0.3) is 16.9 Å². The van der Waals surface area contributed by atoms with Crippen LogP contribution >= 0.6 is 0 Å². The highest BCUT2D eigenvalue weighted by Crippen LogP contribution is 2.30. The molecule has 0 N–H and O–H groups in total. The number of rotatable bonds is 6. The van der Waals surface area contributed by atoms with Crippen LogP contribution in [0.5, 0.6) is 0 Å². The third-order valence-electron chi connectivity index (χ3n) is 5.18. The minimum Gasteiger partial charge on any atom is -0.391 e. The van der Waals surface area contributed by atoms with Crippen molar-refractivity contribution in [2.75, 3.05) is 0 Å². The van der Waals surface area contributed by atoms with Crippen LogP contribution in [0.3, 0.4) is 0 Å². The predicted octanol–water partition coefficient (Wildman–Crippen LogP) is 6.81. The van der Waals surface area contributed by atoms with Gasteiger partial charge < -0.3 is 9.40 Å². The molecule has 3 aromatic carbocycles. The Bertz CT molecular complexity index is 1260. The molecule has 0 fully saturated rings. The fourth-order valence-corrected chi connectivity index (χ4v) is 3.61. The Morgan fingerprint density at radius 2 is 1.50 bits per heavy atom. The molecule has 1 heterocycles. The summed E-state index contributed by atoms with van der Waals surface area (Å²) in [6.45, 7) is 3.88. The number of nitrogens with zero attached hydrogens (tertiary/aromatic N) is 2. The molecule has 1 aromatic heterocycles. The Morgan fingerprint density at radius 1 is 0.844 bits per heavy atom. The molecule has 0 saturated carbocycles. The molecule has 0 aliphatic rings. The van der Waals surface area contributed by atoms with Gasteiger partial charge in [0.2, 0.25) is 0 Å². The van der Waals surface area contributed by atoms with E-state index in [-0.39, 0.29) is 24.1 Å². The maximum atomic E-state index is 13.5. The number of hydrogen-bond donors (Lipinski definition) is 0. The lowest BCUT2D eigenvalue weighted by molar-refractivity contribution is 0.130. The number of hydrogen-bond acceptors (Lipinski definition) is 2. The van der Waals surface area contributed by atoms with Crippen LogP contribution in [0, 0.1) is 24.4 Å². The van der Waals surface area contributed by atoms with Gasteiger partial charge in [-0.15, -0.1) is 0 Å². The number of benzene rings is 3. The van der Waals surface area contributed by atoms with E-state index in [1.807, 2.05) is 24.5 Å². The third-order valence-corrected chi connectivity index (χ3v) is 5.18. The first-order chi connectivity index (χ1) is 15.4. The normalized spacial score (nSPS) is 11.6. The van der Waals surface area contributed by atoms with Crippen molar-refractivity contribution in [3.63, 3.8) is 0 Å². The summed E-state index contributed by atoms with van der Waals surface area (Å²) < 4.78 is 42.3. The molecule has 0 bridgehead atoms. The molecule has 3 nitrogen and oxygen atoms in total. The Morgan fingerprint density at radius 3 is 2.16 bits per heavy atom. The van der Waals surface area contributed by atoms with Crippen LogP contribution in [0.2, 0.25) is 0 Å². The van der Waals surface area contributed by atoms with E-state index < -0.39 is 0 Å². The summed E-state index contributed by atoms with van der Waals surface area (Å²) in [6.07, 6.45) is 0. The van der Waals surface area contributed by atoms with E-state index in [0.717, 1.165) is 28.2 Å². The molecule has 4 rings (SSSR count). The largest absolute Gasteiger partial charge is 0.391 e. The average molecular weight is 434 g/mol. The molecule has 0 atom stereocenters. The number of halogens is 3. The Balaban J connectivity index is 1.71. The molecule has 32 heavy (non-hydrogen) atoms. The van der Waals surface area contributed by atoms with E-state index in [2.05, 4.69) is 5.16 Å². The van der Waals surface area contributed by atoms with Gasteiger partial charge in [-0.3, -0.25) is 0 Å². The molecule has 0 spiro atoms. The summed E-state index contributed by atoms with van der Waals surface area (Å²) in [7, 11) is 0. The van der Waals surface area contributed by atoms with Crippen LogP contribution in [0.15, 0.2) is 84.0 Å². The van der Waals surface area contributed by atoms with Gasteiger partial charge in [-0.05, 0) is 91.7 Å². The molecule has 4 aromatic rings. The second-order valence-corrected chi connectivity index (χ2v) is 7.43. The van der Waals surface area contributed by atoms with Gasteiger partial charge >= 0.3 is 0 Å². The highest BCUT2D eigenvalue weighted by molar-refractivity contribution is 6.01. The van der Waals surface area contributed by atoms with Crippen LogP contribution in [-0.4, -0.2) is 10.3 Å². The fourth-order valence-electron chi connectivity index (χ4n) is 3.61. The van der Waals surface area contributed by atoms with Crippen molar-refractivity contribution in [2.45, 2.75) is 20.5 Å². The topological polar surface area (TPSA) is 26.5 Å². The lowest BCUT2D eigenvalue weighted by atomic mass is 10.1. The van der Waals surface area contributed by atoms with Crippen LogP contribution < -0.4 is 0 Å². The Hall–Kier alpha value is -3.80. The SMILES string of the molecule is C/C(=N/OCc1cccc(F)c1)c1cc(-c2ccc(F)cc2)n(-c2ccc(F)cc2)c1C. The Kier molecular flexibility index (Phi) is 6.12. The van der Waals surface area contributed by atoms with Gasteiger partial charge in [0.05, 0.1) is 11.4 Å². The minimum atomic E-state index is -0.331. The van der Waals surface area contributed by atoms with Crippen molar-refractivity contribution >= 4 is 5.71 Å². The molecule has 0 unspecified atom stereocenters. The van der Waals surface area contributed by atoms with E-state index >= 15 is 0 Å². The average Bonchev–Trinajstić information content (AvgIpc) is 3.12. The monoisotopic (exact) mass is 434 g/mol. The molecule has 0 radical (unpaired) electrons. The van der Waals surface area contributed by atoms with E-state index in [1.165, 1.54) is 36.4 Å². The second-order valence-electron chi connectivity index (χ2n) is 7.43. The van der Waals surface area contributed by atoms with Crippen molar-refractivity contribution in [1.82, 2.24) is 4.57 Å². The van der Waals surface area contributed by atoms with E-state index in [0.29, 0.717) is 11.3 Å². The summed E-state index contributed by atoms with van der Waals surface area (Å²) in [5.41, 5.74) is 5.38. The van der Waals surface area contributed by atoms with Gasteiger partial charge in [-0.25, -0.2) is 13.2 Å². The Labute approximate surface area is 184 Å². The van der Waals surface area contributed by atoms with Crippen molar-refractivity contribution in [3.05, 3.63) is 113 Å². The molecule has 0 amide bonds. The van der Waals surface area contributed by atoms with Gasteiger partial charge in [-0.1, -0.05) is 17.3 Å². The van der Waals surface area contributed by atoms with E-state index in [1.54, 1.807) is 36.4 Å². The molecular weight excluding hydrogens is 413 g/mol. The zero-order chi connectivity index (χ0) is 22.7. The first kappa shape index (κ1) is 21.4. The van der Waals surface area contributed by atoms with Gasteiger partial charge in [0.15, 0.2) is 0 Å². The van der Waals surface area contributed by atoms with Crippen LogP contribution in [0.1, 0.15) is 23.7 Å². The summed E-state index contributed by atoms with van der Waals surface area (Å²) in [5.74, 6) is -0.984. The van der Waals surface area contributed by atoms with Crippen molar-refractivity contribution in [2.24, 2.45) is 5.16 Å². The molecule has 0 aliphatic carbocycles. The highest BCUT2D eigenvalue weighted by atomic mass is 19.1. The standard InChI is InChI=1S/C26H21F3N2O/c1-17(30-32-16-19-4-3-5-23(29)14-19)25-15-26(20-6-8-21(27)9-7-20)31(18(25)2)24-12-10-22(28)11-13-24/h3-15H,16H2,1-2H3/b30-17-. The summed E-state index contributed by atoms with van der Waals surface area (Å²) in [6, 6.07) is 20.4. The quantitative estimate of drug-likeness (QED) is 0.242. The minimum absolute atomic E-state index is 0.137. The lowest BCUT2D eigenvalue weighted by Crippen LogP contribution is -2.02. The van der Waals surface area contributed by atoms with Gasteiger partial charge in [0, 0.05) is 16.9 Å². The third kappa shape index (κ3) is 4.59. The van der Waals surface area contributed by atoms with E-state index in [4.69, 9.17) is 4.84 Å². The van der Waals surface area contributed by atoms with Crippen LogP contribution in [-0.2, 0) is 11.4 Å². The summed E-state index contributed by atoms with van der Waals surface area (Å²) >= 11 is 0. The molecular formula is C26H21F3N2O. The summed E-state index contributed by atoms with van der Waals surface area (Å²) in [5, 5.41) is 4.21. The van der Waals surface area contributed by atoms with Crippen molar-refractivity contribution < 1.29 is 18.0 Å². The van der Waals surface area contributed by atoms with Gasteiger partial charge in [0.1, 0.15) is 24.1 Å². The first-order valence-electron chi connectivity index (χ1n) is 10.1. The second kappa shape index (κ2) is 9.14. The van der Waals surface area contributed by atoms with E-state index in [9.17, 15) is 13.2 Å². The molecule has 6 heteroatoms. The maximum absolute atomic E-state index is 13.5. The van der Waals surface area contributed by atoms with Crippen molar-refractivity contribution in [1.29, 1.82) is 0 Å². The molecule has 162 valence electrons. The van der Waals surface area contributed by atoms with Crippen molar-refractivity contribution in [3.8, 4) is 16.9 Å². The zero-order valence-corrected chi connectivity index (χ0v) is 17.6. The van der Waals surface area contributed by atoms with Gasteiger partial charge in [-0.2, -0.15) is 0 Å². The highest BCUT2D eigenvalue weighted by Gasteiger charge is 2.17. The lowest BCUT2D eigenvalue weighted by Gasteiger charge is -2.12. The zero-order valence-electron chi connectivity index (χ0n) is 17.6. The number of aromatic nitrogens is 1. The first-order valence-corrected chi connectivity index (χ1v) is 10.1. The molecule has 0 saturated heterocycles. The smallest absolute Gasteiger partial charge is 0.142 e. The fraction of sp³-hybridized carbons (Fsp3) is 0.115. The van der Waals surface area contributed by atoms with Crippen LogP contribution in [0.4, 0.5) is 13.2 Å². The molecule has 0 aliphatic heterocycles. The maximum Gasteiger partial charge on any atom is 0.142 e.